The molecule has 2 aromatic rings. The summed E-state index contributed by atoms with van der Waals surface area (Å²) in [6.07, 6.45) is 4.49. The van der Waals surface area contributed by atoms with Gasteiger partial charge in [0.1, 0.15) is 5.82 Å². The first kappa shape index (κ1) is 18.4. The van der Waals surface area contributed by atoms with Gasteiger partial charge in [-0.3, -0.25) is 4.90 Å². The number of aliphatic hydroxyl groups is 1. The van der Waals surface area contributed by atoms with E-state index in [1.165, 1.54) is 0 Å². The molecule has 0 atom stereocenters. The van der Waals surface area contributed by atoms with Crippen LogP contribution in [0.1, 0.15) is 11.3 Å². The third-order valence-electron chi connectivity index (χ3n) is 5.00. The molecule has 2 aromatic heterocycles. The number of aromatic nitrogens is 3. The molecule has 1 fully saturated rings. The molecule has 27 heavy (non-hydrogen) atoms. The first-order valence-corrected chi connectivity index (χ1v) is 9.62. The molecule has 4 rings (SSSR count). The Morgan fingerprint density at radius 2 is 1.93 bits per heavy atom. The molecule has 0 saturated carbocycles. The standard InChI is InChI=1S/C18H24ClN7O/c19-26-4-3-16-14(13-26)11-21-18(23-16)22-15-1-2-17(20-12-15)25-7-5-24(6-8-25)9-10-27/h1-2,11-12,27H,3-10,13H2,(H,21,22,23). The topological polar surface area (TPSA) is 80.7 Å². The molecule has 0 amide bonds. The number of β-amino-alcohol motifs (C(OH)–C–C–N with tert-alkyl or cyclic N) is 1. The number of nitrogens with zero attached hydrogens (tertiary/aromatic N) is 6. The van der Waals surface area contributed by atoms with Gasteiger partial charge in [0.25, 0.3) is 0 Å². The molecule has 0 aliphatic carbocycles. The molecule has 0 unspecified atom stereocenters. The molecular formula is C18H24ClN7O. The second kappa shape index (κ2) is 8.35. The van der Waals surface area contributed by atoms with Crippen LogP contribution in [0, 0.1) is 0 Å². The molecule has 0 aromatic carbocycles. The first-order valence-electron chi connectivity index (χ1n) is 9.28. The summed E-state index contributed by atoms with van der Waals surface area (Å²) in [6.45, 7) is 6.18. The number of hydrogen-bond donors (Lipinski definition) is 2. The van der Waals surface area contributed by atoms with Gasteiger partial charge < -0.3 is 15.3 Å². The largest absolute Gasteiger partial charge is 0.395 e. The number of pyridine rings is 1. The van der Waals surface area contributed by atoms with Crippen LogP contribution in [0.4, 0.5) is 17.5 Å². The summed E-state index contributed by atoms with van der Waals surface area (Å²) in [5.41, 5.74) is 3.00. The Balaban J connectivity index is 1.37. The Kier molecular flexibility index (Phi) is 5.68. The number of piperazine rings is 1. The number of anilines is 3. The van der Waals surface area contributed by atoms with Crippen LogP contribution < -0.4 is 10.2 Å². The van der Waals surface area contributed by atoms with Crippen molar-refractivity contribution in [3.63, 3.8) is 0 Å². The fourth-order valence-electron chi connectivity index (χ4n) is 3.46. The normalized spacial score (nSPS) is 18.4. The lowest BCUT2D eigenvalue weighted by Crippen LogP contribution is -2.47. The predicted octanol–water partition coefficient (Wildman–Crippen LogP) is 1.24. The van der Waals surface area contributed by atoms with Gasteiger partial charge in [-0.1, -0.05) is 0 Å². The van der Waals surface area contributed by atoms with E-state index >= 15 is 0 Å². The zero-order valence-corrected chi connectivity index (χ0v) is 15.9. The van der Waals surface area contributed by atoms with Gasteiger partial charge in [-0.15, -0.1) is 0 Å². The van der Waals surface area contributed by atoms with Crippen LogP contribution >= 0.6 is 11.8 Å². The lowest BCUT2D eigenvalue weighted by molar-refractivity contribution is 0.188. The summed E-state index contributed by atoms with van der Waals surface area (Å²) in [6, 6.07) is 4.03. The Hall–Kier alpha value is -2.00. The van der Waals surface area contributed by atoms with E-state index in [0.29, 0.717) is 12.5 Å². The van der Waals surface area contributed by atoms with Crippen molar-refractivity contribution in [1.29, 1.82) is 0 Å². The summed E-state index contributed by atoms with van der Waals surface area (Å²) in [7, 11) is 0. The van der Waals surface area contributed by atoms with E-state index in [1.54, 1.807) is 4.42 Å². The Morgan fingerprint density at radius 3 is 2.67 bits per heavy atom. The van der Waals surface area contributed by atoms with Crippen molar-refractivity contribution in [3.8, 4) is 0 Å². The zero-order chi connectivity index (χ0) is 18.6. The second-order valence-corrected chi connectivity index (χ2v) is 7.32. The summed E-state index contributed by atoms with van der Waals surface area (Å²) >= 11 is 6.05. The molecule has 4 heterocycles. The molecule has 8 nitrogen and oxygen atoms in total. The van der Waals surface area contributed by atoms with Crippen molar-refractivity contribution in [2.24, 2.45) is 0 Å². The monoisotopic (exact) mass is 389 g/mol. The maximum Gasteiger partial charge on any atom is 0.227 e. The highest BCUT2D eigenvalue weighted by Gasteiger charge is 2.18. The van der Waals surface area contributed by atoms with Crippen LogP contribution in [0.5, 0.6) is 0 Å². The van der Waals surface area contributed by atoms with E-state index in [4.69, 9.17) is 16.9 Å². The zero-order valence-electron chi connectivity index (χ0n) is 15.2. The molecule has 144 valence electrons. The fourth-order valence-corrected chi connectivity index (χ4v) is 3.67. The van der Waals surface area contributed by atoms with Crippen molar-refractivity contribution in [2.75, 3.05) is 56.1 Å². The molecule has 2 aliphatic rings. The Morgan fingerprint density at radius 1 is 1.07 bits per heavy atom. The number of rotatable bonds is 5. The molecule has 2 N–H and O–H groups in total. The SMILES string of the molecule is OCCN1CCN(c2ccc(Nc3ncc4c(n3)CCN(Cl)C4)cn2)CC1. The number of hydrogen-bond acceptors (Lipinski definition) is 8. The highest BCUT2D eigenvalue weighted by atomic mass is 35.5. The molecule has 1 saturated heterocycles. The summed E-state index contributed by atoms with van der Waals surface area (Å²) in [5.74, 6) is 1.56. The van der Waals surface area contributed by atoms with Gasteiger partial charge in [-0.2, -0.15) is 0 Å². The maximum atomic E-state index is 9.04. The summed E-state index contributed by atoms with van der Waals surface area (Å²) in [4.78, 5) is 18.1. The molecule has 0 radical (unpaired) electrons. The summed E-state index contributed by atoms with van der Waals surface area (Å²) in [5, 5.41) is 12.3. The van der Waals surface area contributed by atoms with Gasteiger partial charge in [-0.05, 0) is 23.9 Å². The van der Waals surface area contributed by atoms with Crippen molar-refractivity contribution in [2.45, 2.75) is 13.0 Å². The quantitative estimate of drug-likeness (QED) is 0.739. The Bertz CT molecular complexity index is 765. The Labute approximate surface area is 163 Å². The van der Waals surface area contributed by atoms with Gasteiger partial charge >= 0.3 is 0 Å². The fraction of sp³-hybridized carbons (Fsp3) is 0.500. The lowest BCUT2D eigenvalue weighted by Gasteiger charge is -2.35. The van der Waals surface area contributed by atoms with Gasteiger partial charge in [0.15, 0.2) is 0 Å². The minimum atomic E-state index is 0.216. The van der Waals surface area contributed by atoms with Crippen molar-refractivity contribution < 1.29 is 5.11 Å². The van der Waals surface area contributed by atoms with Crippen molar-refractivity contribution in [1.82, 2.24) is 24.3 Å². The van der Waals surface area contributed by atoms with E-state index in [-0.39, 0.29) is 6.61 Å². The molecule has 2 aliphatic heterocycles. The van der Waals surface area contributed by atoms with Crippen LogP contribution in [0.15, 0.2) is 24.5 Å². The molecule has 0 spiro atoms. The number of nitrogens with one attached hydrogen (secondary N) is 1. The van der Waals surface area contributed by atoms with Crippen LogP contribution in [0.3, 0.4) is 0 Å². The minimum Gasteiger partial charge on any atom is -0.395 e. The van der Waals surface area contributed by atoms with Gasteiger partial charge in [0.2, 0.25) is 5.95 Å². The third-order valence-corrected chi connectivity index (χ3v) is 5.29. The minimum absolute atomic E-state index is 0.216. The van der Waals surface area contributed by atoms with E-state index in [9.17, 15) is 0 Å². The summed E-state index contributed by atoms with van der Waals surface area (Å²) < 4.78 is 1.76. The number of halogens is 1. The van der Waals surface area contributed by atoms with Gasteiger partial charge in [0, 0.05) is 64.0 Å². The maximum absolute atomic E-state index is 9.04. The molecule has 9 heteroatoms. The number of aliphatic hydroxyl groups excluding tert-OH is 1. The van der Waals surface area contributed by atoms with E-state index in [2.05, 4.69) is 30.1 Å². The van der Waals surface area contributed by atoms with Gasteiger partial charge in [-0.25, -0.2) is 19.4 Å². The van der Waals surface area contributed by atoms with Crippen LogP contribution in [0.2, 0.25) is 0 Å². The highest BCUT2D eigenvalue weighted by Crippen LogP contribution is 2.21. The third kappa shape index (κ3) is 4.47. The smallest absolute Gasteiger partial charge is 0.227 e. The lowest BCUT2D eigenvalue weighted by atomic mass is 10.1. The first-order chi connectivity index (χ1) is 13.2. The van der Waals surface area contributed by atoms with Crippen molar-refractivity contribution >= 4 is 29.2 Å². The highest BCUT2D eigenvalue weighted by molar-refractivity contribution is 6.13. The number of fused-ring (bicyclic) bond motifs is 1. The molecular weight excluding hydrogens is 366 g/mol. The van der Waals surface area contributed by atoms with Gasteiger partial charge in [0.05, 0.1) is 24.2 Å². The average molecular weight is 390 g/mol. The van der Waals surface area contributed by atoms with E-state index in [0.717, 1.165) is 68.5 Å². The van der Waals surface area contributed by atoms with Crippen molar-refractivity contribution in [3.05, 3.63) is 35.8 Å². The average Bonchev–Trinajstić information content (AvgIpc) is 2.70. The predicted molar refractivity (Wildman–Crippen MR) is 105 cm³/mol. The van der Waals surface area contributed by atoms with E-state index in [1.807, 2.05) is 24.5 Å². The van der Waals surface area contributed by atoms with Crippen LogP contribution in [-0.2, 0) is 13.0 Å². The van der Waals surface area contributed by atoms with E-state index < -0.39 is 0 Å². The van der Waals surface area contributed by atoms with Crippen LogP contribution in [0.25, 0.3) is 0 Å². The second-order valence-electron chi connectivity index (χ2n) is 6.84. The van der Waals surface area contributed by atoms with Crippen LogP contribution in [-0.4, -0.2) is 75.3 Å². The molecule has 0 bridgehead atoms.